The SMILES string of the molecule is Cc1c(C)c([Si]C=C(c2ccccc2)c2ccccc2)[c-](C)c1C.Cc1c(C)c([Si]C=C(c2ccccc2)c2ccccc2)[c-](C)c1C.[Cl][Ti][Cl]. The van der Waals surface area contributed by atoms with Gasteiger partial charge in [0.15, 0.2) is 0 Å². The van der Waals surface area contributed by atoms with E-state index in [-0.39, 0.29) is 0 Å². The monoisotopic (exact) mass is 772 g/mol. The Morgan fingerprint density at radius 2 is 0.686 bits per heavy atom. The van der Waals surface area contributed by atoms with E-state index in [0.29, 0.717) is 19.0 Å². The third-order valence-corrected chi connectivity index (χ3v) is 12.9. The molecule has 0 saturated heterocycles. The minimum absolute atomic E-state index is 0.556. The van der Waals surface area contributed by atoms with E-state index in [2.05, 4.69) is 188 Å². The third kappa shape index (κ3) is 10.4. The van der Waals surface area contributed by atoms with Gasteiger partial charge in [0.05, 0.1) is 19.0 Å². The second-order valence-corrected chi connectivity index (χ2v) is 17.4. The van der Waals surface area contributed by atoms with Crippen LogP contribution in [0.3, 0.4) is 0 Å². The molecule has 0 aliphatic heterocycles. The summed E-state index contributed by atoms with van der Waals surface area (Å²) in [5.74, 6) is 0. The zero-order valence-corrected chi connectivity index (χ0v) is 36.0. The fourth-order valence-electron chi connectivity index (χ4n) is 6.30. The predicted molar refractivity (Wildman–Crippen MR) is 224 cm³/mol. The number of benzene rings is 4. The van der Waals surface area contributed by atoms with Crippen molar-refractivity contribution < 1.29 is 17.0 Å². The summed E-state index contributed by atoms with van der Waals surface area (Å²) in [4.78, 5) is 0. The summed E-state index contributed by atoms with van der Waals surface area (Å²) in [5, 5.41) is 3.02. The zero-order valence-electron chi connectivity index (χ0n) is 31.0. The van der Waals surface area contributed by atoms with E-state index in [1.165, 1.54) is 88.3 Å². The molecule has 51 heavy (non-hydrogen) atoms. The Bertz CT molecular complexity index is 1760. The van der Waals surface area contributed by atoms with Gasteiger partial charge in [0.1, 0.15) is 0 Å². The van der Waals surface area contributed by atoms with E-state index in [9.17, 15) is 0 Å². The van der Waals surface area contributed by atoms with E-state index < -0.39 is 17.0 Å². The fourth-order valence-corrected chi connectivity index (χ4v) is 9.16. The quantitative estimate of drug-likeness (QED) is 0.107. The van der Waals surface area contributed by atoms with Crippen LogP contribution in [0.1, 0.15) is 66.8 Å². The second kappa shape index (κ2) is 20.1. The molecule has 6 rings (SSSR count). The number of rotatable bonds is 8. The summed E-state index contributed by atoms with van der Waals surface area (Å²) >= 11 is -0.556. The Kier molecular flexibility index (Phi) is 16.0. The molecule has 0 aliphatic carbocycles. The summed E-state index contributed by atoms with van der Waals surface area (Å²) in [6, 6.07) is 42.8. The summed E-state index contributed by atoms with van der Waals surface area (Å²) in [6.07, 6.45) is 0. The molecule has 0 atom stereocenters. The average molecular weight is 774 g/mol. The molecule has 0 spiro atoms. The molecule has 6 aromatic rings. The molecule has 5 heteroatoms. The Morgan fingerprint density at radius 3 is 0.882 bits per heavy atom. The van der Waals surface area contributed by atoms with Gasteiger partial charge in [-0.15, -0.1) is 0 Å². The molecule has 0 heterocycles. The van der Waals surface area contributed by atoms with Gasteiger partial charge in [0, 0.05) is 0 Å². The molecule has 0 fully saturated rings. The first-order valence-electron chi connectivity index (χ1n) is 17.2. The van der Waals surface area contributed by atoms with Crippen LogP contribution in [-0.2, 0) is 17.0 Å². The van der Waals surface area contributed by atoms with Gasteiger partial charge in [-0.3, -0.25) is 0 Å². The van der Waals surface area contributed by atoms with Gasteiger partial charge in [-0.2, -0.15) is 54.9 Å². The summed E-state index contributed by atoms with van der Waals surface area (Å²) in [6.45, 7) is 18.0. The van der Waals surface area contributed by atoms with Crippen LogP contribution in [-0.4, -0.2) is 19.0 Å². The van der Waals surface area contributed by atoms with Gasteiger partial charge < -0.3 is 0 Å². The van der Waals surface area contributed by atoms with Crippen molar-refractivity contribution in [3.8, 4) is 0 Å². The average Bonchev–Trinajstić information content (AvgIpc) is 3.47. The molecule has 0 aliphatic rings. The van der Waals surface area contributed by atoms with Crippen LogP contribution in [0.4, 0.5) is 0 Å². The van der Waals surface area contributed by atoms with Gasteiger partial charge in [0.25, 0.3) is 0 Å². The van der Waals surface area contributed by atoms with Crippen molar-refractivity contribution in [1.82, 2.24) is 0 Å². The van der Waals surface area contributed by atoms with Crippen LogP contribution in [0, 0.1) is 55.4 Å². The van der Waals surface area contributed by atoms with Crippen molar-refractivity contribution in [2.75, 3.05) is 0 Å². The first-order valence-corrected chi connectivity index (χ1v) is 23.6. The molecule has 0 saturated carbocycles. The maximum atomic E-state index is 4.89. The van der Waals surface area contributed by atoms with Crippen LogP contribution in [0.5, 0.6) is 0 Å². The molecule has 258 valence electrons. The van der Waals surface area contributed by atoms with E-state index in [0.717, 1.165) is 0 Å². The van der Waals surface area contributed by atoms with E-state index in [1.54, 1.807) is 0 Å². The van der Waals surface area contributed by atoms with Crippen LogP contribution in [0.15, 0.2) is 133 Å². The number of hydrogen-bond donors (Lipinski definition) is 0. The molecule has 0 amide bonds. The first-order chi connectivity index (χ1) is 24.6. The fraction of sp³-hybridized carbons (Fsp3) is 0.174. The topological polar surface area (TPSA) is 0 Å². The molecule has 4 radical (unpaired) electrons. The van der Waals surface area contributed by atoms with Crippen molar-refractivity contribution in [3.63, 3.8) is 0 Å². The molecule has 0 bridgehead atoms. The molecule has 0 N–H and O–H groups in total. The van der Waals surface area contributed by atoms with Gasteiger partial charge in [-0.25, -0.2) is 0 Å². The molecular formula is C46H46Cl2Si2Ti-2. The van der Waals surface area contributed by atoms with Crippen molar-refractivity contribution in [2.45, 2.75) is 55.4 Å². The van der Waals surface area contributed by atoms with E-state index in [1.807, 2.05) is 0 Å². The molecule has 0 nitrogen and oxygen atoms in total. The Balaban J connectivity index is 0.000000212. The Morgan fingerprint density at radius 1 is 0.451 bits per heavy atom. The molecular weight excluding hydrogens is 727 g/mol. The van der Waals surface area contributed by atoms with Crippen molar-refractivity contribution in [1.29, 1.82) is 0 Å². The second-order valence-electron chi connectivity index (χ2n) is 12.7. The molecule has 6 aromatic carbocycles. The Labute approximate surface area is 328 Å². The normalized spacial score (nSPS) is 10.3. The summed E-state index contributed by atoms with van der Waals surface area (Å²) < 4.78 is 0. The third-order valence-electron chi connectivity index (χ3n) is 9.94. The van der Waals surface area contributed by atoms with Gasteiger partial charge in [0.2, 0.25) is 0 Å². The summed E-state index contributed by atoms with van der Waals surface area (Å²) in [7, 11) is 11.2. The van der Waals surface area contributed by atoms with Crippen LogP contribution >= 0.6 is 18.6 Å². The zero-order chi connectivity index (χ0) is 36.9. The molecule has 0 aromatic heterocycles. The van der Waals surface area contributed by atoms with Crippen molar-refractivity contribution >= 4 is 59.2 Å². The predicted octanol–water partition coefficient (Wildman–Crippen LogP) is 11.5. The van der Waals surface area contributed by atoms with Crippen molar-refractivity contribution in [3.05, 3.63) is 199 Å². The number of halogens is 2. The van der Waals surface area contributed by atoms with Gasteiger partial charge in [-0.1, -0.05) is 188 Å². The van der Waals surface area contributed by atoms with Crippen LogP contribution in [0.25, 0.3) is 11.1 Å². The van der Waals surface area contributed by atoms with Crippen molar-refractivity contribution in [2.24, 2.45) is 0 Å². The maximum absolute atomic E-state index is 4.89. The van der Waals surface area contributed by atoms with Gasteiger partial charge in [-0.05, 0) is 33.4 Å². The van der Waals surface area contributed by atoms with E-state index >= 15 is 0 Å². The van der Waals surface area contributed by atoms with Crippen LogP contribution in [0.2, 0.25) is 0 Å². The van der Waals surface area contributed by atoms with E-state index in [4.69, 9.17) is 18.6 Å². The number of hydrogen-bond acceptors (Lipinski definition) is 0. The Hall–Kier alpha value is -3.21. The first kappa shape index (κ1) is 40.6. The van der Waals surface area contributed by atoms with Crippen LogP contribution < -0.4 is 10.4 Å². The standard InChI is InChI=1S/2C23H23Si.2ClH.Ti/c2*1-16-17(2)19(4)23(18(16)3)24-15-22(20-11-7-5-8-12-20)21-13-9-6-10-14-21;;;/h2*5-15H,1-4H3;2*1H;/q2*-1;;;+2/p-2. The van der Waals surface area contributed by atoms with Gasteiger partial charge >= 0.3 is 35.6 Å². The molecule has 0 unspecified atom stereocenters. The minimum atomic E-state index is -0.556. The summed E-state index contributed by atoms with van der Waals surface area (Å²) in [5.41, 5.74) is 24.2.